The van der Waals surface area contributed by atoms with Crippen LogP contribution in [0.4, 0.5) is 4.39 Å². The zero-order valence-corrected chi connectivity index (χ0v) is 10.7. The first-order valence-corrected chi connectivity index (χ1v) is 6.57. The lowest BCUT2D eigenvalue weighted by molar-refractivity contribution is 0.0950. The summed E-state index contributed by atoms with van der Waals surface area (Å²) in [6.45, 7) is 0. The second-order valence-electron chi connectivity index (χ2n) is 4.98. The summed E-state index contributed by atoms with van der Waals surface area (Å²) in [6.07, 6.45) is 6.60. The molecule has 0 aromatic heterocycles. The van der Waals surface area contributed by atoms with Crippen LogP contribution in [0.15, 0.2) is 18.2 Å². The maximum absolute atomic E-state index is 13.3. The number of hydrogen-bond donors (Lipinski definition) is 0. The largest absolute Gasteiger partial charge is 0.494 e. The van der Waals surface area contributed by atoms with Crippen molar-refractivity contribution in [2.45, 2.75) is 38.5 Å². The Labute approximate surface area is 107 Å². The number of ether oxygens (including phenoxy) is 1. The van der Waals surface area contributed by atoms with Crippen molar-refractivity contribution in [3.8, 4) is 5.75 Å². The highest BCUT2D eigenvalue weighted by molar-refractivity contribution is 5.96. The molecule has 2 rings (SSSR count). The van der Waals surface area contributed by atoms with Crippen molar-refractivity contribution in [2.75, 3.05) is 7.11 Å². The van der Waals surface area contributed by atoms with Crippen LogP contribution in [0.25, 0.3) is 0 Å². The molecular weight excluding hydrogens is 231 g/mol. The third kappa shape index (κ3) is 3.09. The van der Waals surface area contributed by atoms with Gasteiger partial charge in [0, 0.05) is 12.0 Å². The summed E-state index contributed by atoms with van der Waals surface area (Å²) in [5.41, 5.74) is 0.554. The van der Waals surface area contributed by atoms with E-state index in [2.05, 4.69) is 0 Å². The molecule has 3 heteroatoms. The van der Waals surface area contributed by atoms with Crippen molar-refractivity contribution < 1.29 is 13.9 Å². The van der Waals surface area contributed by atoms with Crippen LogP contribution in [-0.2, 0) is 0 Å². The molecule has 0 amide bonds. The molecule has 2 nitrogen and oxygen atoms in total. The maximum atomic E-state index is 13.3. The maximum Gasteiger partial charge on any atom is 0.165 e. The van der Waals surface area contributed by atoms with Gasteiger partial charge in [-0.1, -0.05) is 32.1 Å². The van der Waals surface area contributed by atoms with E-state index in [4.69, 9.17) is 4.74 Å². The zero-order chi connectivity index (χ0) is 13.0. The third-order valence-corrected chi connectivity index (χ3v) is 3.67. The Morgan fingerprint density at radius 2 is 2.06 bits per heavy atom. The fourth-order valence-electron chi connectivity index (χ4n) is 2.60. The summed E-state index contributed by atoms with van der Waals surface area (Å²) in [4.78, 5) is 12.1. The number of rotatable bonds is 4. The average molecular weight is 250 g/mol. The first-order valence-electron chi connectivity index (χ1n) is 6.57. The molecule has 98 valence electrons. The third-order valence-electron chi connectivity index (χ3n) is 3.67. The zero-order valence-electron chi connectivity index (χ0n) is 10.7. The molecule has 0 N–H and O–H groups in total. The quantitative estimate of drug-likeness (QED) is 0.755. The number of halogens is 1. The number of carbonyl (C=O) groups excluding carboxylic acids is 1. The molecule has 18 heavy (non-hydrogen) atoms. The van der Waals surface area contributed by atoms with Gasteiger partial charge in [0.05, 0.1) is 7.11 Å². The Bertz CT molecular complexity index is 423. The predicted octanol–water partition coefficient (Wildman–Crippen LogP) is 3.99. The van der Waals surface area contributed by atoms with E-state index in [9.17, 15) is 9.18 Å². The fraction of sp³-hybridized carbons (Fsp3) is 0.533. The van der Waals surface area contributed by atoms with Gasteiger partial charge in [-0.25, -0.2) is 4.39 Å². The SMILES string of the molecule is COc1cc(C(=O)CC2CCCCC2)ccc1F. The molecule has 0 radical (unpaired) electrons. The molecule has 1 aromatic carbocycles. The predicted molar refractivity (Wildman–Crippen MR) is 68.5 cm³/mol. The lowest BCUT2D eigenvalue weighted by Gasteiger charge is -2.20. The summed E-state index contributed by atoms with van der Waals surface area (Å²) in [5.74, 6) is 0.318. The van der Waals surface area contributed by atoms with E-state index in [0.29, 0.717) is 17.9 Å². The molecule has 0 bridgehead atoms. The lowest BCUT2D eigenvalue weighted by atomic mass is 9.85. The van der Waals surface area contributed by atoms with Crippen molar-refractivity contribution in [3.05, 3.63) is 29.6 Å². The number of benzene rings is 1. The molecule has 1 fully saturated rings. The molecule has 0 aliphatic heterocycles. The molecule has 0 atom stereocenters. The number of Topliss-reactive ketones (excluding diaryl/α,β-unsaturated/α-hetero) is 1. The molecule has 0 saturated heterocycles. The first kappa shape index (κ1) is 13.1. The molecular formula is C15H19FO2. The summed E-state index contributed by atoms with van der Waals surface area (Å²) >= 11 is 0. The Kier molecular flexibility index (Phi) is 4.34. The minimum Gasteiger partial charge on any atom is -0.494 e. The van der Waals surface area contributed by atoms with E-state index in [1.165, 1.54) is 38.5 Å². The monoisotopic (exact) mass is 250 g/mol. The van der Waals surface area contributed by atoms with E-state index in [1.807, 2.05) is 0 Å². The lowest BCUT2D eigenvalue weighted by Crippen LogP contribution is -2.12. The Morgan fingerprint density at radius 1 is 1.33 bits per heavy atom. The number of carbonyl (C=O) groups is 1. The Balaban J connectivity index is 2.03. The van der Waals surface area contributed by atoms with Crippen molar-refractivity contribution in [3.63, 3.8) is 0 Å². The Morgan fingerprint density at radius 3 is 2.72 bits per heavy atom. The second-order valence-corrected chi connectivity index (χ2v) is 4.98. The average Bonchev–Trinajstić information content (AvgIpc) is 2.40. The minimum atomic E-state index is -0.424. The van der Waals surface area contributed by atoms with Gasteiger partial charge in [0.15, 0.2) is 17.3 Å². The van der Waals surface area contributed by atoms with E-state index in [-0.39, 0.29) is 11.5 Å². The van der Waals surface area contributed by atoms with Gasteiger partial charge in [0.25, 0.3) is 0 Å². The number of ketones is 1. The summed E-state index contributed by atoms with van der Waals surface area (Å²) < 4.78 is 18.2. The van der Waals surface area contributed by atoms with Crippen LogP contribution >= 0.6 is 0 Å². The number of hydrogen-bond acceptors (Lipinski definition) is 2. The van der Waals surface area contributed by atoms with E-state index in [0.717, 1.165) is 12.8 Å². The van der Waals surface area contributed by atoms with Crippen LogP contribution in [-0.4, -0.2) is 12.9 Å². The van der Waals surface area contributed by atoms with Crippen molar-refractivity contribution in [1.29, 1.82) is 0 Å². The van der Waals surface area contributed by atoms with Crippen LogP contribution in [0.2, 0.25) is 0 Å². The van der Waals surface area contributed by atoms with Gasteiger partial charge >= 0.3 is 0 Å². The molecule has 1 aliphatic rings. The molecule has 1 saturated carbocycles. The van der Waals surface area contributed by atoms with Crippen molar-refractivity contribution in [2.24, 2.45) is 5.92 Å². The normalized spacial score (nSPS) is 16.6. The fourth-order valence-corrected chi connectivity index (χ4v) is 2.60. The van der Waals surface area contributed by atoms with Crippen molar-refractivity contribution >= 4 is 5.78 Å². The highest BCUT2D eigenvalue weighted by Crippen LogP contribution is 2.28. The van der Waals surface area contributed by atoms with E-state index < -0.39 is 5.82 Å². The molecule has 0 heterocycles. The smallest absolute Gasteiger partial charge is 0.165 e. The topological polar surface area (TPSA) is 26.3 Å². The van der Waals surface area contributed by atoms with Crippen LogP contribution in [0.5, 0.6) is 5.75 Å². The van der Waals surface area contributed by atoms with Crippen LogP contribution in [0, 0.1) is 11.7 Å². The van der Waals surface area contributed by atoms with Crippen LogP contribution < -0.4 is 4.74 Å². The van der Waals surface area contributed by atoms with Gasteiger partial charge in [-0.05, 0) is 24.1 Å². The second kappa shape index (κ2) is 5.98. The first-order chi connectivity index (χ1) is 8.70. The summed E-state index contributed by atoms with van der Waals surface area (Å²) in [6, 6.07) is 4.34. The van der Waals surface area contributed by atoms with Gasteiger partial charge in [0.2, 0.25) is 0 Å². The standard InChI is InChI=1S/C15H19FO2/c1-18-15-10-12(7-8-13(15)16)14(17)9-11-5-3-2-4-6-11/h7-8,10-11H,2-6,9H2,1H3. The molecule has 1 aromatic rings. The van der Waals surface area contributed by atoms with Crippen LogP contribution in [0.1, 0.15) is 48.9 Å². The van der Waals surface area contributed by atoms with E-state index in [1.54, 1.807) is 6.07 Å². The Hall–Kier alpha value is -1.38. The van der Waals surface area contributed by atoms with E-state index >= 15 is 0 Å². The number of methoxy groups -OCH3 is 1. The highest BCUT2D eigenvalue weighted by Gasteiger charge is 2.18. The molecule has 0 spiro atoms. The minimum absolute atomic E-state index is 0.0974. The van der Waals surface area contributed by atoms with Gasteiger partial charge in [-0.15, -0.1) is 0 Å². The summed E-state index contributed by atoms with van der Waals surface area (Å²) in [7, 11) is 1.41. The summed E-state index contributed by atoms with van der Waals surface area (Å²) in [5, 5.41) is 0. The molecule has 1 aliphatic carbocycles. The van der Waals surface area contributed by atoms with Gasteiger partial charge in [-0.2, -0.15) is 0 Å². The van der Waals surface area contributed by atoms with Crippen LogP contribution in [0.3, 0.4) is 0 Å². The van der Waals surface area contributed by atoms with Gasteiger partial charge in [-0.3, -0.25) is 4.79 Å². The van der Waals surface area contributed by atoms with Crippen molar-refractivity contribution in [1.82, 2.24) is 0 Å². The van der Waals surface area contributed by atoms with Gasteiger partial charge < -0.3 is 4.74 Å². The highest BCUT2D eigenvalue weighted by atomic mass is 19.1. The van der Waals surface area contributed by atoms with Gasteiger partial charge in [0.1, 0.15) is 0 Å². The molecule has 0 unspecified atom stereocenters.